The topological polar surface area (TPSA) is 88.6 Å². The van der Waals surface area contributed by atoms with E-state index in [1.807, 2.05) is 13.8 Å². The molecule has 7 heteroatoms. The average Bonchev–Trinajstić information content (AvgIpc) is 2.93. The molecule has 1 aromatic heterocycles. The molecule has 0 spiro atoms. The number of rotatable bonds is 3. The van der Waals surface area contributed by atoms with Crippen LogP contribution in [0.3, 0.4) is 0 Å². The van der Waals surface area contributed by atoms with Crippen molar-refractivity contribution in [1.82, 2.24) is 9.47 Å². The quantitative estimate of drug-likeness (QED) is 0.658. The highest BCUT2D eigenvalue weighted by atomic mass is 16.6. The molecule has 0 bridgehead atoms. The Labute approximate surface area is 110 Å². The van der Waals surface area contributed by atoms with Crippen molar-refractivity contribution in [3.63, 3.8) is 0 Å². The third-order valence-electron chi connectivity index (χ3n) is 3.27. The standard InChI is InChI=1S/C12H17N3O4/c1-8(2)14-6-9(15(18)19)5-11(14)12(17)13-4-3-10(16)7-13/h5-6,8,10,16H,3-4,7H2,1-2H3. The first-order valence-electron chi connectivity index (χ1n) is 6.23. The summed E-state index contributed by atoms with van der Waals surface area (Å²) in [4.78, 5) is 24.2. The summed E-state index contributed by atoms with van der Waals surface area (Å²) < 4.78 is 1.60. The number of hydrogen-bond acceptors (Lipinski definition) is 4. The summed E-state index contributed by atoms with van der Waals surface area (Å²) in [6.45, 7) is 4.49. The van der Waals surface area contributed by atoms with Crippen LogP contribution in [0.25, 0.3) is 0 Å². The molecule has 1 aliphatic heterocycles. The Bertz CT molecular complexity index is 509. The zero-order chi connectivity index (χ0) is 14.2. The van der Waals surface area contributed by atoms with Gasteiger partial charge in [-0.1, -0.05) is 0 Å². The van der Waals surface area contributed by atoms with Crippen molar-refractivity contribution < 1.29 is 14.8 Å². The van der Waals surface area contributed by atoms with Gasteiger partial charge in [-0.25, -0.2) is 0 Å². The predicted molar refractivity (Wildman–Crippen MR) is 68.0 cm³/mol. The maximum absolute atomic E-state index is 12.3. The minimum absolute atomic E-state index is 0.0415. The fourth-order valence-corrected chi connectivity index (χ4v) is 2.25. The number of amides is 1. The van der Waals surface area contributed by atoms with Gasteiger partial charge in [0.1, 0.15) is 5.69 Å². The van der Waals surface area contributed by atoms with E-state index in [4.69, 9.17) is 0 Å². The maximum Gasteiger partial charge on any atom is 0.287 e. The Morgan fingerprint density at radius 3 is 2.74 bits per heavy atom. The van der Waals surface area contributed by atoms with Crippen molar-refractivity contribution in [1.29, 1.82) is 0 Å². The number of aliphatic hydroxyl groups excluding tert-OH is 1. The van der Waals surface area contributed by atoms with E-state index in [1.165, 1.54) is 17.2 Å². The van der Waals surface area contributed by atoms with Crippen LogP contribution in [0.4, 0.5) is 5.69 Å². The van der Waals surface area contributed by atoms with Crippen molar-refractivity contribution in [3.8, 4) is 0 Å². The largest absolute Gasteiger partial charge is 0.391 e. The average molecular weight is 267 g/mol. The zero-order valence-corrected chi connectivity index (χ0v) is 10.9. The van der Waals surface area contributed by atoms with Gasteiger partial charge in [-0.05, 0) is 20.3 Å². The lowest BCUT2D eigenvalue weighted by molar-refractivity contribution is -0.384. The van der Waals surface area contributed by atoms with Crippen molar-refractivity contribution in [2.75, 3.05) is 13.1 Å². The zero-order valence-electron chi connectivity index (χ0n) is 10.9. The summed E-state index contributed by atoms with van der Waals surface area (Å²) in [6.07, 6.45) is 1.43. The number of aromatic nitrogens is 1. The Morgan fingerprint density at radius 2 is 2.26 bits per heavy atom. The molecule has 0 aliphatic carbocycles. The van der Waals surface area contributed by atoms with E-state index in [0.717, 1.165) is 0 Å². The van der Waals surface area contributed by atoms with E-state index in [2.05, 4.69) is 0 Å². The molecule has 19 heavy (non-hydrogen) atoms. The molecule has 2 heterocycles. The number of nitrogens with zero attached hydrogens (tertiary/aromatic N) is 3. The second kappa shape index (κ2) is 5.00. The van der Waals surface area contributed by atoms with E-state index in [0.29, 0.717) is 18.7 Å². The van der Waals surface area contributed by atoms with Gasteiger partial charge in [0.15, 0.2) is 0 Å². The molecule has 1 amide bonds. The van der Waals surface area contributed by atoms with Crippen LogP contribution in [-0.2, 0) is 0 Å². The van der Waals surface area contributed by atoms with Crippen LogP contribution in [0.2, 0.25) is 0 Å². The van der Waals surface area contributed by atoms with Crippen LogP contribution in [0, 0.1) is 10.1 Å². The first kappa shape index (κ1) is 13.5. The van der Waals surface area contributed by atoms with Crippen LogP contribution in [0.5, 0.6) is 0 Å². The number of nitro groups is 1. The molecule has 1 N–H and O–H groups in total. The second-order valence-corrected chi connectivity index (χ2v) is 5.04. The molecule has 1 fully saturated rings. The van der Waals surface area contributed by atoms with Gasteiger partial charge in [-0.3, -0.25) is 14.9 Å². The number of carbonyl (C=O) groups excluding carboxylic acids is 1. The predicted octanol–water partition coefficient (Wildman–Crippen LogP) is 1.18. The lowest BCUT2D eigenvalue weighted by Gasteiger charge is -2.18. The minimum Gasteiger partial charge on any atom is -0.391 e. The second-order valence-electron chi connectivity index (χ2n) is 5.04. The number of hydrogen-bond donors (Lipinski definition) is 1. The van der Waals surface area contributed by atoms with Crippen molar-refractivity contribution in [3.05, 3.63) is 28.1 Å². The van der Waals surface area contributed by atoms with Crippen molar-refractivity contribution in [2.24, 2.45) is 0 Å². The van der Waals surface area contributed by atoms with Crippen molar-refractivity contribution in [2.45, 2.75) is 32.4 Å². The molecule has 1 atom stereocenters. The SMILES string of the molecule is CC(C)n1cc([N+](=O)[O-])cc1C(=O)N1CCC(O)C1. The minimum atomic E-state index is -0.505. The fraction of sp³-hybridized carbons (Fsp3) is 0.583. The first-order valence-corrected chi connectivity index (χ1v) is 6.23. The lowest BCUT2D eigenvalue weighted by atomic mass is 10.3. The van der Waals surface area contributed by atoms with Gasteiger partial charge in [-0.15, -0.1) is 0 Å². The summed E-state index contributed by atoms with van der Waals surface area (Å²) in [5.74, 6) is -0.265. The summed E-state index contributed by atoms with van der Waals surface area (Å²) >= 11 is 0. The molecule has 7 nitrogen and oxygen atoms in total. The fourth-order valence-electron chi connectivity index (χ4n) is 2.25. The van der Waals surface area contributed by atoms with Crippen LogP contribution in [-0.4, -0.2) is 44.6 Å². The molecule has 1 saturated heterocycles. The van der Waals surface area contributed by atoms with Gasteiger partial charge in [0.2, 0.25) is 0 Å². The van der Waals surface area contributed by atoms with Crippen LogP contribution in [0.15, 0.2) is 12.3 Å². The number of aliphatic hydroxyl groups is 1. The molecule has 0 aromatic carbocycles. The number of β-amino-alcohol motifs (C(OH)–C–C–N with tert-alkyl or cyclic N) is 1. The first-order chi connectivity index (χ1) is 8.90. The van der Waals surface area contributed by atoms with E-state index in [9.17, 15) is 20.0 Å². The molecular formula is C12H17N3O4. The van der Waals surface area contributed by atoms with Gasteiger partial charge in [-0.2, -0.15) is 0 Å². The highest BCUT2D eigenvalue weighted by Crippen LogP contribution is 2.23. The summed E-state index contributed by atoms with van der Waals surface area (Å²) in [5.41, 5.74) is 0.215. The molecule has 1 unspecified atom stereocenters. The Hall–Kier alpha value is -1.89. The monoisotopic (exact) mass is 267 g/mol. The van der Waals surface area contributed by atoms with Crippen LogP contribution < -0.4 is 0 Å². The van der Waals surface area contributed by atoms with E-state index in [-0.39, 0.29) is 24.2 Å². The summed E-state index contributed by atoms with van der Waals surface area (Å²) in [7, 11) is 0. The maximum atomic E-state index is 12.3. The van der Waals surface area contributed by atoms with Gasteiger partial charge in [0.25, 0.3) is 11.6 Å². The third-order valence-corrected chi connectivity index (χ3v) is 3.27. The van der Waals surface area contributed by atoms with Gasteiger partial charge < -0.3 is 14.6 Å². The number of carbonyl (C=O) groups is 1. The highest BCUT2D eigenvalue weighted by molar-refractivity contribution is 5.93. The molecule has 104 valence electrons. The highest BCUT2D eigenvalue weighted by Gasteiger charge is 2.29. The van der Waals surface area contributed by atoms with Gasteiger partial charge in [0, 0.05) is 25.2 Å². The van der Waals surface area contributed by atoms with Gasteiger partial charge >= 0.3 is 0 Å². The summed E-state index contributed by atoms with van der Waals surface area (Å²) in [5, 5.41) is 20.3. The molecule has 1 aromatic rings. The van der Waals surface area contributed by atoms with Gasteiger partial charge in [0.05, 0.1) is 17.2 Å². The molecular weight excluding hydrogens is 250 g/mol. The Balaban J connectivity index is 2.32. The Morgan fingerprint density at radius 1 is 1.58 bits per heavy atom. The molecule has 0 saturated carbocycles. The lowest BCUT2D eigenvalue weighted by Crippen LogP contribution is -2.31. The smallest absolute Gasteiger partial charge is 0.287 e. The number of likely N-dealkylation sites (tertiary alicyclic amines) is 1. The van der Waals surface area contributed by atoms with Crippen LogP contribution >= 0.6 is 0 Å². The van der Waals surface area contributed by atoms with E-state index in [1.54, 1.807) is 4.57 Å². The normalized spacial score (nSPS) is 19.2. The third kappa shape index (κ3) is 2.60. The van der Waals surface area contributed by atoms with Crippen molar-refractivity contribution >= 4 is 11.6 Å². The van der Waals surface area contributed by atoms with Crippen LogP contribution in [0.1, 0.15) is 36.8 Å². The molecule has 2 rings (SSSR count). The van der Waals surface area contributed by atoms with E-state index < -0.39 is 11.0 Å². The molecule has 0 radical (unpaired) electrons. The molecule has 1 aliphatic rings. The van der Waals surface area contributed by atoms with E-state index >= 15 is 0 Å². The summed E-state index contributed by atoms with van der Waals surface area (Å²) in [6, 6.07) is 1.26. The Kier molecular flexibility index (Phi) is 3.57.